The van der Waals surface area contributed by atoms with Crippen molar-refractivity contribution in [2.75, 3.05) is 0 Å². The summed E-state index contributed by atoms with van der Waals surface area (Å²) in [6.45, 7) is 1.98. The average Bonchev–Trinajstić information content (AvgIpc) is 2.22. The van der Waals surface area contributed by atoms with Crippen LogP contribution in [-0.4, -0.2) is 9.97 Å². The quantitative estimate of drug-likeness (QED) is 0.760. The number of aryl methyl sites for hydroxylation is 1. The molecule has 0 fully saturated rings. The highest BCUT2D eigenvalue weighted by atomic mass is 127. The summed E-state index contributed by atoms with van der Waals surface area (Å²) in [6.07, 6.45) is 1.58. The second-order valence-corrected chi connectivity index (χ2v) is 5.45. The molecular formula is C11H8BrIN2O. The third-order valence-corrected chi connectivity index (χ3v) is 3.46. The fourth-order valence-electron chi connectivity index (χ4n) is 1.41. The van der Waals surface area contributed by atoms with E-state index in [1.165, 1.54) is 0 Å². The first-order valence-corrected chi connectivity index (χ1v) is 6.46. The van der Waals surface area contributed by atoms with E-state index in [1.807, 2.05) is 47.7 Å². The van der Waals surface area contributed by atoms with Gasteiger partial charge in [0.1, 0.15) is 5.82 Å². The molecule has 82 valence electrons. The molecule has 1 aromatic heterocycles. The lowest BCUT2D eigenvalue weighted by Crippen LogP contribution is -2.11. The number of H-pyrrole nitrogens is 1. The number of hydrogen-bond acceptors (Lipinski definition) is 2. The third kappa shape index (κ3) is 2.35. The Bertz CT molecular complexity index is 595. The van der Waals surface area contributed by atoms with E-state index in [-0.39, 0.29) is 5.56 Å². The fraction of sp³-hybridized carbons (Fsp3) is 0.0909. The smallest absolute Gasteiger partial charge is 0.264 e. The van der Waals surface area contributed by atoms with Crippen molar-refractivity contribution in [1.82, 2.24) is 9.97 Å². The Balaban J connectivity index is 2.59. The first kappa shape index (κ1) is 11.8. The lowest BCUT2D eigenvalue weighted by atomic mass is 10.1. The largest absolute Gasteiger partial charge is 0.306 e. The molecule has 1 N–H and O–H groups in total. The van der Waals surface area contributed by atoms with Crippen LogP contribution in [0.15, 0.2) is 33.7 Å². The van der Waals surface area contributed by atoms with E-state index in [0.717, 1.165) is 15.6 Å². The van der Waals surface area contributed by atoms with Crippen molar-refractivity contribution in [3.63, 3.8) is 0 Å². The molecule has 3 nitrogen and oxygen atoms in total. The molecule has 0 amide bonds. The third-order valence-electron chi connectivity index (χ3n) is 2.20. The van der Waals surface area contributed by atoms with E-state index in [2.05, 4.69) is 25.9 Å². The molecule has 0 atom stereocenters. The lowest BCUT2D eigenvalue weighted by molar-refractivity contribution is 1.10. The summed E-state index contributed by atoms with van der Waals surface area (Å²) in [5, 5.41) is 0. The number of nitrogens with one attached hydrogen (secondary N) is 1. The van der Waals surface area contributed by atoms with E-state index in [4.69, 9.17) is 0 Å². The van der Waals surface area contributed by atoms with Gasteiger partial charge in [-0.2, -0.15) is 0 Å². The van der Waals surface area contributed by atoms with Gasteiger partial charge in [0.05, 0.1) is 3.57 Å². The molecule has 2 rings (SSSR count). The van der Waals surface area contributed by atoms with Gasteiger partial charge in [-0.15, -0.1) is 0 Å². The molecule has 0 aliphatic rings. The van der Waals surface area contributed by atoms with E-state index >= 15 is 0 Å². The number of halogens is 2. The second kappa shape index (κ2) is 4.67. The van der Waals surface area contributed by atoms with E-state index in [9.17, 15) is 4.79 Å². The zero-order valence-corrected chi connectivity index (χ0v) is 12.2. The molecule has 2 aromatic rings. The first-order valence-electron chi connectivity index (χ1n) is 4.59. The second-order valence-electron chi connectivity index (χ2n) is 3.37. The Morgan fingerprint density at radius 1 is 1.44 bits per heavy atom. The van der Waals surface area contributed by atoms with E-state index < -0.39 is 0 Å². The summed E-state index contributed by atoms with van der Waals surface area (Å²) < 4.78 is 1.61. The van der Waals surface area contributed by atoms with Gasteiger partial charge in [0.25, 0.3) is 5.56 Å². The van der Waals surface area contributed by atoms with E-state index in [1.54, 1.807) is 6.20 Å². The van der Waals surface area contributed by atoms with Gasteiger partial charge in [-0.3, -0.25) is 4.79 Å². The van der Waals surface area contributed by atoms with Crippen LogP contribution in [-0.2, 0) is 0 Å². The maximum Gasteiger partial charge on any atom is 0.264 e. The highest BCUT2D eigenvalue weighted by Gasteiger charge is 2.05. The number of benzene rings is 1. The van der Waals surface area contributed by atoms with Gasteiger partial charge < -0.3 is 4.98 Å². The first-order chi connectivity index (χ1) is 7.58. The Kier molecular flexibility index (Phi) is 3.44. The van der Waals surface area contributed by atoms with Crippen LogP contribution in [0.25, 0.3) is 11.4 Å². The highest BCUT2D eigenvalue weighted by molar-refractivity contribution is 14.1. The molecule has 0 aliphatic carbocycles. The van der Waals surface area contributed by atoms with Crippen molar-refractivity contribution in [1.29, 1.82) is 0 Å². The van der Waals surface area contributed by atoms with Gasteiger partial charge in [-0.25, -0.2) is 4.98 Å². The van der Waals surface area contributed by atoms with Gasteiger partial charge in [0.2, 0.25) is 0 Å². The van der Waals surface area contributed by atoms with Crippen molar-refractivity contribution in [3.05, 3.63) is 48.4 Å². The van der Waals surface area contributed by atoms with Crippen molar-refractivity contribution in [2.24, 2.45) is 0 Å². The van der Waals surface area contributed by atoms with Gasteiger partial charge in [-0.1, -0.05) is 15.9 Å². The minimum atomic E-state index is -0.104. The lowest BCUT2D eigenvalue weighted by Gasteiger charge is -2.05. The van der Waals surface area contributed by atoms with Crippen molar-refractivity contribution in [3.8, 4) is 11.4 Å². The topological polar surface area (TPSA) is 45.8 Å². The normalized spacial score (nSPS) is 10.4. The number of hydrogen-bond donors (Lipinski definition) is 1. The van der Waals surface area contributed by atoms with Crippen LogP contribution < -0.4 is 5.56 Å². The Hall–Kier alpha value is -0.690. The molecule has 1 aromatic carbocycles. The Morgan fingerprint density at radius 2 is 2.19 bits per heavy atom. The van der Waals surface area contributed by atoms with Crippen molar-refractivity contribution in [2.45, 2.75) is 6.92 Å². The van der Waals surface area contributed by atoms with Crippen LogP contribution in [0.5, 0.6) is 0 Å². The minimum absolute atomic E-state index is 0.104. The minimum Gasteiger partial charge on any atom is -0.306 e. The van der Waals surface area contributed by atoms with Gasteiger partial charge >= 0.3 is 0 Å². The molecule has 0 spiro atoms. The van der Waals surface area contributed by atoms with Crippen molar-refractivity contribution < 1.29 is 0 Å². The molecule has 0 unspecified atom stereocenters. The standard InChI is InChI=1S/C11H8BrIN2O/c1-6-4-7(12)2-3-8(6)10-14-5-9(13)11(16)15-10/h2-5H,1H3,(H,14,15,16). The fourth-order valence-corrected chi connectivity index (χ4v) is 2.16. The van der Waals surface area contributed by atoms with Gasteiger partial charge in [0, 0.05) is 16.2 Å². The summed E-state index contributed by atoms with van der Waals surface area (Å²) in [4.78, 5) is 18.5. The summed E-state index contributed by atoms with van der Waals surface area (Å²) >= 11 is 5.36. The van der Waals surface area contributed by atoms with Crippen LogP contribution in [0.2, 0.25) is 0 Å². The Labute approximate surface area is 115 Å². The predicted octanol–water partition coefficient (Wildman–Crippen LogP) is 3.11. The van der Waals surface area contributed by atoms with Crippen molar-refractivity contribution >= 4 is 38.5 Å². The molecule has 16 heavy (non-hydrogen) atoms. The van der Waals surface area contributed by atoms with Crippen LogP contribution in [0.4, 0.5) is 0 Å². The number of aromatic amines is 1. The average molecular weight is 391 g/mol. The maximum absolute atomic E-state index is 11.5. The molecule has 5 heteroatoms. The SMILES string of the molecule is Cc1cc(Br)ccc1-c1ncc(I)c(=O)[nH]1. The number of aromatic nitrogens is 2. The van der Waals surface area contributed by atoms with Crippen LogP contribution in [0, 0.1) is 10.5 Å². The zero-order chi connectivity index (χ0) is 11.7. The summed E-state index contributed by atoms with van der Waals surface area (Å²) in [6, 6.07) is 5.86. The summed E-state index contributed by atoms with van der Waals surface area (Å²) in [7, 11) is 0. The summed E-state index contributed by atoms with van der Waals surface area (Å²) in [5.41, 5.74) is 1.91. The molecule has 0 radical (unpaired) electrons. The molecular weight excluding hydrogens is 383 g/mol. The van der Waals surface area contributed by atoms with Crippen LogP contribution in [0.3, 0.4) is 0 Å². The summed E-state index contributed by atoms with van der Waals surface area (Å²) in [5.74, 6) is 0.607. The number of rotatable bonds is 1. The molecule has 0 saturated heterocycles. The number of nitrogens with zero attached hydrogens (tertiary/aromatic N) is 1. The molecule has 0 aliphatic heterocycles. The molecule has 0 bridgehead atoms. The van der Waals surface area contributed by atoms with Crippen LogP contribution >= 0.6 is 38.5 Å². The Morgan fingerprint density at radius 3 is 2.81 bits per heavy atom. The highest BCUT2D eigenvalue weighted by Crippen LogP contribution is 2.22. The maximum atomic E-state index is 11.5. The van der Waals surface area contributed by atoms with Crippen LogP contribution in [0.1, 0.15) is 5.56 Å². The zero-order valence-electron chi connectivity index (χ0n) is 8.42. The molecule has 1 heterocycles. The predicted molar refractivity (Wildman–Crippen MR) is 75.4 cm³/mol. The van der Waals surface area contributed by atoms with E-state index in [0.29, 0.717) is 9.39 Å². The monoisotopic (exact) mass is 390 g/mol. The molecule has 0 saturated carbocycles. The van der Waals surface area contributed by atoms with Gasteiger partial charge in [0.15, 0.2) is 0 Å². The van der Waals surface area contributed by atoms with Gasteiger partial charge in [-0.05, 0) is 53.3 Å².